The Morgan fingerprint density at radius 3 is 1.58 bits per heavy atom. The first-order chi connectivity index (χ1) is 17.2. The van der Waals surface area contributed by atoms with Gasteiger partial charge in [0.1, 0.15) is 4.90 Å². The van der Waals surface area contributed by atoms with Crippen LogP contribution in [0.5, 0.6) is 0 Å². The number of carbonyl (C=O) groups excluding carboxylic acids is 2. The van der Waals surface area contributed by atoms with Crippen molar-refractivity contribution in [2.24, 2.45) is 0 Å². The van der Waals surface area contributed by atoms with E-state index in [0.717, 1.165) is 0 Å². The standard InChI is InChI=1S/C28H22N2O5S/c1-29(18-11-5-3-6-12-18)22-17-23(36(33,34)35)26(30(2)19-13-7-4-8-14-19)25-24(22)27(31)20-15-9-10-16-21(20)28(25)32/h3-17H,1-2H3,(H,33,34,35). The summed E-state index contributed by atoms with van der Waals surface area (Å²) in [6.45, 7) is 0. The fourth-order valence-corrected chi connectivity index (χ4v) is 5.34. The highest BCUT2D eigenvalue weighted by Crippen LogP contribution is 2.45. The van der Waals surface area contributed by atoms with Crippen LogP contribution < -0.4 is 9.80 Å². The normalized spacial score (nSPS) is 12.6. The molecule has 36 heavy (non-hydrogen) atoms. The molecule has 4 aromatic carbocycles. The molecule has 0 spiro atoms. The van der Waals surface area contributed by atoms with Crippen LogP contribution in [0, 0.1) is 0 Å². The highest BCUT2D eigenvalue weighted by atomic mass is 32.2. The Bertz CT molecular complexity index is 1620. The molecule has 180 valence electrons. The summed E-state index contributed by atoms with van der Waals surface area (Å²) in [5.41, 5.74) is 1.81. The third kappa shape index (κ3) is 3.77. The summed E-state index contributed by atoms with van der Waals surface area (Å²) in [4.78, 5) is 30.5. The minimum atomic E-state index is -4.81. The summed E-state index contributed by atoms with van der Waals surface area (Å²) < 4.78 is 35.8. The van der Waals surface area contributed by atoms with Crippen molar-refractivity contribution < 1.29 is 22.6 Å². The Hall–Kier alpha value is -4.27. The number of fused-ring (bicyclic) bond motifs is 2. The van der Waals surface area contributed by atoms with Gasteiger partial charge in [-0.1, -0.05) is 60.7 Å². The molecule has 0 unspecified atom stereocenters. The molecule has 0 radical (unpaired) electrons. The number of para-hydroxylation sites is 2. The van der Waals surface area contributed by atoms with Crippen molar-refractivity contribution in [3.63, 3.8) is 0 Å². The van der Waals surface area contributed by atoms with Crippen molar-refractivity contribution in [2.75, 3.05) is 23.9 Å². The summed E-state index contributed by atoms with van der Waals surface area (Å²) in [6.07, 6.45) is 0. The average molecular weight is 499 g/mol. The van der Waals surface area contributed by atoms with Crippen molar-refractivity contribution in [3.8, 4) is 0 Å². The van der Waals surface area contributed by atoms with Crippen molar-refractivity contribution in [2.45, 2.75) is 4.90 Å². The molecule has 0 aromatic heterocycles. The molecule has 0 saturated heterocycles. The predicted molar refractivity (Wildman–Crippen MR) is 139 cm³/mol. The Balaban J connectivity index is 1.91. The van der Waals surface area contributed by atoms with E-state index in [4.69, 9.17) is 0 Å². The molecule has 0 aliphatic heterocycles. The van der Waals surface area contributed by atoms with Crippen LogP contribution in [0.25, 0.3) is 0 Å². The summed E-state index contributed by atoms with van der Waals surface area (Å²) in [5, 5.41) is 0. The molecule has 0 amide bonds. The summed E-state index contributed by atoms with van der Waals surface area (Å²) in [5.74, 6) is -0.895. The van der Waals surface area contributed by atoms with Gasteiger partial charge in [-0.15, -0.1) is 0 Å². The first-order valence-electron chi connectivity index (χ1n) is 11.1. The number of rotatable bonds is 5. The lowest BCUT2D eigenvalue weighted by atomic mass is 9.81. The Kier molecular flexibility index (Phi) is 5.70. The number of hydrogen-bond donors (Lipinski definition) is 1. The van der Waals surface area contributed by atoms with Crippen LogP contribution in [0.4, 0.5) is 22.7 Å². The lowest BCUT2D eigenvalue weighted by Crippen LogP contribution is -2.29. The second-order valence-electron chi connectivity index (χ2n) is 8.46. The quantitative estimate of drug-likeness (QED) is 0.331. The largest absolute Gasteiger partial charge is 0.344 e. The van der Waals surface area contributed by atoms with Gasteiger partial charge < -0.3 is 9.80 Å². The number of carbonyl (C=O) groups is 2. The topological polar surface area (TPSA) is 95.0 Å². The van der Waals surface area contributed by atoms with Gasteiger partial charge in [-0.3, -0.25) is 14.1 Å². The van der Waals surface area contributed by atoms with Crippen LogP contribution in [0.1, 0.15) is 31.8 Å². The van der Waals surface area contributed by atoms with Crippen LogP contribution >= 0.6 is 0 Å². The third-order valence-electron chi connectivity index (χ3n) is 6.38. The predicted octanol–water partition coefficient (Wildman–Crippen LogP) is 5.24. The van der Waals surface area contributed by atoms with Gasteiger partial charge in [0.25, 0.3) is 10.1 Å². The molecular weight excluding hydrogens is 476 g/mol. The fourth-order valence-electron chi connectivity index (χ4n) is 4.60. The van der Waals surface area contributed by atoms with Crippen molar-refractivity contribution in [1.29, 1.82) is 0 Å². The molecular formula is C28H22N2O5S. The van der Waals surface area contributed by atoms with E-state index in [9.17, 15) is 22.6 Å². The van der Waals surface area contributed by atoms with Crippen LogP contribution in [0.2, 0.25) is 0 Å². The number of hydrogen-bond acceptors (Lipinski definition) is 6. The first-order valence-corrected chi connectivity index (χ1v) is 12.6. The van der Waals surface area contributed by atoms with E-state index >= 15 is 0 Å². The summed E-state index contributed by atoms with van der Waals surface area (Å²) in [6, 6.07) is 25.6. The van der Waals surface area contributed by atoms with Crippen LogP contribution in [-0.2, 0) is 10.1 Å². The fraction of sp³-hybridized carbons (Fsp3) is 0.0714. The Morgan fingerprint density at radius 2 is 1.08 bits per heavy atom. The summed E-state index contributed by atoms with van der Waals surface area (Å²) >= 11 is 0. The molecule has 0 bridgehead atoms. The molecule has 1 N–H and O–H groups in total. The molecule has 8 heteroatoms. The minimum absolute atomic E-state index is 0.0586. The van der Waals surface area contributed by atoms with Crippen molar-refractivity contribution in [1.82, 2.24) is 0 Å². The van der Waals surface area contributed by atoms with Gasteiger partial charge in [0.15, 0.2) is 11.6 Å². The monoisotopic (exact) mass is 498 g/mol. The number of anilines is 4. The maximum Gasteiger partial charge on any atom is 0.296 e. The van der Waals surface area contributed by atoms with Crippen molar-refractivity contribution in [3.05, 3.63) is 113 Å². The van der Waals surface area contributed by atoms with Gasteiger partial charge in [-0.25, -0.2) is 0 Å². The molecule has 0 atom stereocenters. The van der Waals surface area contributed by atoms with Crippen molar-refractivity contribution >= 4 is 44.4 Å². The molecule has 0 saturated carbocycles. The SMILES string of the molecule is CN(c1ccccc1)c1cc(S(=O)(=O)O)c(N(C)c2ccccc2)c2c1C(=O)c1ccccc1C2=O. The second-order valence-corrected chi connectivity index (χ2v) is 9.85. The third-order valence-corrected chi connectivity index (χ3v) is 7.24. The average Bonchev–Trinajstić information content (AvgIpc) is 2.90. The lowest BCUT2D eigenvalue weighted by Gasteiger charge is -2.32. The maximum absolute atomic E-state index is 13.9. The van der Waals surface area contributed by atoms with Crippen LogP contribution in [0.3, 0.4) is 0 Å². The van der Waals surface area contributed by atoms with E-state index in [0.29, 0.717) is 11.4 Å². The molecule has 1 aliphatic carbocycles. The van der Waals surface area contributed by atoms with Gasteiger partial charge in [-0.05, 0) is 30.3 Å². The van der Waals surface area contributed by atoms with E-state index in [2.05, 4.69) is 0 Å². The van der Waals surface area contributed by atoms with Gasteiger partial charge in [0.2, 0.25) is 0 Å². The smallest absolute Gasteiger partial charge is 0.296 e. The maximum atomic E-state index is 13.9. The summed E-state index contributed by atoms with van der Waals surface area (Å²) in [7, 11) is -1.53. The Labute approximate surface area is 209 Å². The number of nitrogens with zero attached hydrogens (tertiary/aromatic N) is 2. The van der Waals surface area contributed by atoms with Crippen LogP contribution in [0.15, 0.2) is 95.9 Å². The molecule has 0 fully saturated rings. The van der Waals surface area contributed by atoms with Gasteiger partial charge in [-0.2, -0.15) is 8.42 Å². The number of ketones is 2. The van der Waals surface area contributed by atoms with E-state index in [1.165, 1.54) is 11.0 Å². The first kappa shape index (κ1) is 23.5. The molecule has 0 heterocycles. The molecule has 5 rings (SSSR count). The van der Waals surface area contributed by atoms with Gasteiger partial charge in [0.05, 0.1) is 22.5 Å². The Morgan fingerprint density at radius 1 is 0.639 bits per heavy atom. The van der Waals surface area contributed by atoms with Gasteiger partial charge >= 0.3 is 0 Å². The number of benzene rings is 4. The van der Waals surface area contributed by atoms with E-state index in [-0.39, 0.29) is 33.6 Å². The van der Waals surface area contributed by atoms with Crippen LogP contribution in [-0.4, -0.2) is 38.6 Å². The zero-order valence-corrected chi connectivity index (χ0v) is 20.4. The second kappa shape index (κ2) is 8.75. The molecule has 1 aliphatic rings. The zero-order chi connectivity index (χ0) is 25.6. The van der Waals surface area contributed by atoms with E-state index in [1.807, 2.05) is 18.2 Å². The molecule has 7 nitrogen and oxygen atoms in total. The highest BCUT2D eigenvalue weighted by molar-refractivity contribution is 7.86. The van der Waals surface area contributed by atoms with Gasteiger partial charge in [0, 0.05) is 36.6 Å². The van der Waals surface area contributed by atoms with E-state index in [1.54, 1.807) is 85.7 Å². The van der Waals surface area contributed by atoms with E-state index < -0.39 is 26.6 Å². The minimum Gasteiger partial charge on any atom is -0.344 e. The lowest BCUT2D eigenvalue weighted by molar-refractivity contribution is 0.0979. The molecule has 4 aromatic rings. The highest BCUT2D eigenvalue weighted by Gasteiger charge is 2.39. The zero-order valence-electron chi connectivity index (χ0n) is 19.5.